The molecule has 0 N–H and O–H groups in total. The van der Waals surface area contributed by atoms with Gasteiger partial charge in [-0.3, -0.25) is 0 Å². The van der Waals surface area contributed by atoms with Gasteiger partial charge in [-0.15, -0.1) is 6.42 Å². The molecular formula is C11H9F3O2. The Bertz CT molecular complexity index is 405. The van der Waals surface area contributed by atoms with Gasteiger partial charge in [-0.05, 0) is 18.2 Å². The van der Waals surface area contributed by atoms with E-state index in [2.05, 4.69) is 10.7 Å². The molecule has 0 saturated carbocycles. The van der Waals surface area contributed by atoms with Crippen LogP contribution in [-0.2, 0) is 0 Å². The third kappa shape index (κ3) is 3.39. The summed E-state index contributed by atoms with van der Waals surface area (Å²) in [4.78, 5) is 0. The maximum atomic E-state index is 12.0. The van der Waals surface area contributed by atoms with Crippen LogP contribution in [0.4, 0.5) is 13.2 Å². The number of benzene rings is 1. The molecule has 0 unspecified atom stereocenters. The zero-order valence-corrected chi connectivity index (χ0v) is 8.47. The Morgan fingerprint density at radius 2 is 2.00 bits per heavy atom. The average Bonchev–Trinajstić information content (AvgIpc) is 2.25. The van der Waals surface area contributed by atoms with Crippen molar-refractivity contribution in [2.24, 2.45) is 0 Å². The van der Waals surface area contributed by atoms with Crippen LogP contribution in [0.1, 0.15) is 5.56 Å². The first-order valence-corrected chi connectivity index (χ1v) is 4.30. The highest BCUT2D eigenvalue weighted by Crippen LogP contribution is 2.29. The minimum Gasteiger partial charge on any atom is -0.493 e. The fourth-order valence-electron chi connectivity index (χ4n) is 1.04. The lowest BCUT2D eigenvalue weighted by Crippen LogP contribution is -2.19. The first-order chi connectivity index (χ1) is 7.46. The van der Waals surface area contributed by atoms with Crippen molar-refractivity contribution in [1.29, 1.82) is 0 Å². The summed E-state index contributed by atoms with van der Waals surface area (Å²) in [6.07, 6.45) is 0.732. The lowest BCUT2D eigenvalue weighted by atomic mass is 10.2. The van der Waals surface area contributed by atoms with E-state index in [9.17, 15) is 13.2 Å². The van der Waals surface area contributed by atoms with E-state index in [1.165, 1.54) is 19.2 Å². The molecule has 0 saturated heterocycles. The number of hydrogen-bond acceptors (Lipinski definition) is 2. The molecule has 1 aromatic rings. The van der Waals surface area contributed by atoms with Crippen molar-refractivity contribution >= 4 is 0 Å². The highest BCUT2D eigenvalue weighted by Gasteiger charge is 2.29. The van der Waals surface area contributed by atoms with Gasteiger partial charge in [0.05, 0.1) is 7.11 Å². The summed E-state index contributed by atoms with van der Waals surface area (Å²) in [7, 11) is 1.34. The van der Waals surface area contributed by atoms with Crippen molar-refractivity contribution in [2.45, 2.75) is 6.18 Å². The first-order valence-electron chi connectivity index (χ1n) is 4.30. The van der Waals surface area contributed by atoms with Crippen molar-refractivity contribution in [2.75, 3.05) is 13.7 Å². The highest BCUT2D eigenvalue weighted by molar-refractivity contribution is 5.47. The minimum absolute atomic E-state index is 0.0183. The smallest absolute Gasteiger partial charge is 0.422 e. The summed E-state index contributed by atoms with van der Waals surface area (Å²) in [5.41, 5.74) is 0.429. The van der Waals surface area contributed by atoms with E-state index < -0.39 is 12.8 Å². The Labute approximate surface area is 91.0 Å². The van der Waals surface area contributed by atoms with E-state index in [0.29, 0.717) is 5.56 Å². The fourth-order valence-corrected chi connectivity index (χ4v) is 1.04. The van der Waals surface area contributed by atoms with Crippen LogP contribution < -0.4 is 9.47 Å². The average molecular weight is 230 g/mol. The molecule has 2 nitrogen and oxygen atoms in total. The molecule has 5 heteroatoms. The lowest BCUT2D eigenvalue weighted by molar-refractivity contribution is -0.153. The zero-order valence-electron chi connectivity index (χ0n) is 8.47. The van der Waals surface area contributed by atoms with E-state index in [1.807, 2.05) is 0 Å². The molecule has 0 aliphatic heterocycles. The fraction of sp³-hybridized carbons (Fsp3) is 0.273. The molecule has 0 amide bonds. The van der Waals surface area contributed by atoms with Gasteiger partial charge in [0.2, 0.25) is 0 Å². The quantitative estimate of drug-likeness (QED) is 0.743. The second-order valence-electron chi connectivity index (χ2n) is 2.91. The summed E-state index contributed by atoms with van der Waals surface area (Å²) in [5, 5.41) is 0. The number of terminal acetylenes is 1. The van der Waals surface area contributed by atoms with Gasteiger partial charge in [0, 0.05) is 5.56 Å². The van der Waals surface area contributed by atoms with Crippen molar-refractivity contribution in [1.82, 2.24) is 0 Å². The second-order valence-corrected chi connectivity index (χ2v) is 2.91. The summed E-state index contributed by atoms with van der Waals surface area (Å²) in [6, 6.07) is 4.34. The van der Waals surface area contributed by atoms with Gasteiger partial charge < -0.3 is 9.47 Å². The van der Waals surface area contributed by atoms with E-state index in [-0.39, 0.29) is 11.5 Å². The van der Waals surface area contributed by atoms with Crippen LogP contribution in [0.5, 0.6) is 11.5 Å². The van der Waals surface area contributed by atoms with E-state index >= 15 is 0 Å². The van der Waals surface area contributed by atoms with Gasteiger partial charge in [0.1, 0.15) is 0 Å². The van der Waals surface area contributed by atoms with Crippen LogP contribution in [0.15, 0.2) is 18.2 Å². The Kier molecular flexibility index (Phi) is 3.67. The minimum atomic E-state index is -4.39. The molecule has 0 aliphatic carbocycles. The lowest BCUT2D eigenvalue weighted by Gasteiger charge is -2.12. The van der Waals surface area contributed by atoms with Crippen molar-refractivity contribution in [3.8, 4) is 23.8 Å². The molecular weight excluding hydrogens is 221 g/mol. The Morgan fingerprint density at radius 1 is 1.31 bits per heavy atom. The first kappa shape index (κ1) is 12.2. The normalized spacial score (nSPS) is 10.7. The van der Waals surface area contributed by atoms with Crippen LogP contribution in [0.2, 0.25) is 0 Å². The number of rotatable bonds is 3. The standard InChI is InChI=1S/C11H9F3O2/c1-3-8-4-5-9(15-2)10(6-8)16-7-11(12,13)14/h1,4-6H,7H2,2H3. The van der Waals surface area contributed by atoms with Crippen molar-refractivity contribution < 1.29 is 22.6 Å². The molecule has 0 bridgehead atoms. The molecule has 1 rings (SSSR count). The zero-order chi connectivity index (χ0) is 12.2. The third-order valence-corrected chi connectivity index (χ3v) is 1.72. The summed E-state index contributed by atoms with van der Waals surface area (Å²) >= 11 is 0. The third-order valence-electron chi connectivity index (χ3n) is 1.72. The Morgan fingerprint density at radius 3 is 2.50 bits per heavy atom. The van der Waals surface area contributed by atoms with Crippen LogP contribution >= 0.6 is 0 Å². The SMILES string of the molecule is C#Cc1ccc(OC)c(OCC(F)(F)F)c1. The van der Waals surface area contributed by atoms with Gasteiger partial charge in [-0.25, -0.2) is 0 Å². The predicted octanol–water partition coefficient (Wildman–Crippen LogP) is 2.62. The molecule has 0 spiro atoms. The van der Waals surface area contributed by atoms with Crippen LogP contribution in [0.25, 0.3) is 0 Å². The van der Waals surface area contributed by atoms with E-state index in [0.717, 1.165) is 0 Å². The van der Waals surface area contributed by atoms with Gasteiger partial charge in [0.25, 0.3) is 0 Å². The molecule has 86 valence electrons. The van der Waals surface area contributed by atoms with E-state index in [4.69, 9.17) is 11.2 Å². The molecule has 0 heterocycles. The van der Waals surface area contributed by atoms with E-state index in [1.54, 1.807) is 6.07 Å². The predicted molar refractivity (Wildman–Crippen MR) is 52.5 cm³/mol. The maximum absolute atomic E-state index is 12.0. The number of halogens is 3. The number of alkyl halides is 3. The topological polar surface area (TPSA) is 18.5 Å². The molecule has 0 aromatic heterocycles. The van der Waals surface area contributed by atoms with Gasteiger partial charge in [0.15, 0.2) is 18.1 Å². The second kappa shape index (κ2) is 4.79. The molecule has 0 radical (unpaired) electrons. The molecule has 0 aliphatic rings. The molecule has 1 aromatic carbocycles. The van der Waals surface area contributed by atoms with Gasteiger partial charge >= 0.3 is 6.18 Å². The van der Waals surface area contributed by atoms with Gasteiger partial charge in [-0.2, -0.15) is 13.2 Å². The summed E-state index contributed by atoms with van der Waals surface area (Å²) in [5.74, 6) is 2.49. The summed E-state index contributed by atoms with van der Waals surface area (Å²) in [6.45, 7) is -1.38. The monoisotopic (exact) mass is 230 g/mol. The largest absolute Gasteiger partial charge is 0.493 e. The molecule has 16 heavy (non-hydrogen) atoms. The summed E-state index contributed by atoms with van der Waals surface area (Å²) < 4.78 is 45.3. The Balaban J connectivity index is 2.88. The van der Waals surface area contributed by atoms with Crippen LogP contribution in [0, 0.1) is 12.3 Å². The Hall–Kier alpha value is -1.83. The maximum Gasteiger partial charge on any atom is 0.422 e. The van der Waals surface area contributed by atoms with Crippen LogP contribution in [-0.4, -0.2) is 19.9 Å². The van der Waals surface area contributed by atoms with Crippen LogP contribution in [0.3, 0.4) is 0 Å². The molecule has 0 atom stereocenters. The number of ether oxygens (including phenoxy) is 2. The molecule has 0 fully saturated rings. The number of hydrogen-bond donors (Lipinski definition) is 0. The van der Waals surface area contributed by atoms with Crippen molar-refractivity contribution in [3.05, 3.63) is 23.8 Å². The van der Waals surface area contributed by atoms with Gasteiger partial charge in [-0.1, -0.05) is 5.92 Å². The van der Waals surface area contributed by atoms with Crippen molar-refractivity contribution in [3.63, 3.8) is 0 Å². The number of methoxy groups -OCH3 is 1. The highest BCUT2D eigenvalue weighted by atomic mass is 19.4.